The minimum Gasteiger partial charge on any atom is -0.380 e. The molecule has 1 atom stereocenters. The smallest absolute Gasteiger partial charge is 0.0591 e. The average molecular weight is 199 g/mol. The van der Waals surface area contributed by atoms with Gasteiger partial charge >= 0.3 is 0 Å². The first-order chi connectivity index (χ1) is 6.83. The van der Waals surface area contributed by atoms with Crippen LogP contribution in [-0.2, 0) is 4.74 Å². The van der Waals surface area contributed by atoms with E-state index in [-0.39, 0.29) is 0 Å². The van der Waals surface area contributed by atoms with Gasteiger partial charge in [-0.05, 0) is 25.7 Å². The van der Waals surface area contributed by atoms with E-state index in [4.69, 9.17) is 4.74 Å². The van der Waals surface area contributed by atoms with Gasteiger partial charge in [-0.3, -0.25) is 0 Å². The van der Waals surface area contributed by atoms with E-state index in [1.54, 1.807) is 0 Å². The summed E-state index contributed by atoms with van der Waals surface area (Å²) in [6.45, 7) is 7.26. The van der Waals surface area contributed by atoms with E-state index >= 15 is 0 Å². The lowest BCUT2D eigenvalue weighted by atomic mass is 9.83. The Morgan fingerprint density at radius 2 is 2.14 bits per heavy atom. The first kappa shape index (κ1) is 12.0. The Labute approximate surface area is 88.4 Å². The summed E-state index contributed by atoms with van der Waals surface area (Å²) in [6.07, 6.45) is 6.80. The molecule has 0 aliphatic heterocycles. The van der Waals surface area contributed by atoms with Crippen molar-refractivity contribution in [1.29, 1.82) is 0 Å². The fraction of sp³-hybridized carbons (Fsp3) is 1.00. The zero-order valence-corrected chi connectivity index (χ0v) is 9.72. The highest BCUT2D eigenvalue weighted by Gasteiger charge is 2.16. The molecule has 0 heterocycles. The summed E-state index contributed by atoms with van der Waals surface area (Å²) in [5, 5.41) is 3.42. The fourth-order valence-electron chi connectivity index (χ4n) is 1.66. The van der Waals surface area contributed by atoms with Gasteiger partial charge in [0.05, 0.1) is 6.61 Å². The zero-order valence-electron chi connectivity index (χ0n) is 9.72. The lowest BCUT2D eigenvalue weighted by molar-refractivity contribution is 0.107. The lowest BCUT2D eigenvalue weighted by Gasteiger charge is -2.24. The second kappa shape index (κ2) is 7.24. The molecule has 14 heavy (non-hydrogen) atoms. The number of nitrogens with one attached hydrogen (secondary N) is 1. The summed E-state index contributed by atoms with van der Waals surface area (Å²) < 4.78 is 5.57. The summed E-state index contributed by atoms with van der Waals surface area (Å²) in [6, 6.07) is 0.630. The van der Waals surface area contributed by atoms with Crippen LogP contribution in [0.5, 0.6) is 0 Å². The van der Waals surface area contributed by atoms with E-state index in [0.29, 0.717) is 6.04 Å². The molecule has 1 fully saturated rings. The summed E-state index contributed by atoms with van der Waals surface area (Å²) >= 11 is 0. The van der Waals surface area contributed by atoms with Crippen LogP contribution in [0.15, 0.2) is 0 Å². The largest absolute Gasteiger partial charge is 0.380 e. The maximum Gasteiger partial charge on any atom is 0.0591 e. The molecule has 0 spiro atoms. The Morgan fingerprint density at radius 1 is 1.36 bits per heavy atom. The molecule has 0 bridgehead atoms. The molecule has 84 valence electrons. The number of hydrogen-bond donors (Lipinski definition) is 1. The molecule has 2 heteroatoms. The summed E-state index contributed by atoms with van der Waals surface area (Å²) in [4.78, 5) is 0. The van der Waals surface area contributed by atoms with Crippen molar-refractivity contribution < 1.29 is 4.74 Å². The van der Waals surface area contributed by atoms with Crippen molar-refractivity contribution in [3.05, 3.63) is 0 Å². The quantitative estimate of drug-likeness (QED) is 0.607. The van der Waals surface area contributed by atoms with Gasteiger partial charge in [0.2, 0.25) is 0 Å². The fourth-order valence-corrected chi connectivity index (χ4v) is 1.66. The maximum atomic E-state index is 5.57. The molecule has 0 amide bonds. The van der Waals surface area contributed by atoms with E-state index in [0.717, 1.165) is 25.7 Å². The van der Waals surface area contributed by atoms with E-state index in [1.165, 1.54) is 32.1 Å². The van der Waals surface area contributed by atoms with Crippen molar-refractivity contribution in [1.82, 2.24) is 5.32 Å². The van der Waals surface area contributed by atoms with Crippen LogP contribution in [0.25, 0.3) is 0 Å². The Morgan fingerprint density at radius 3 is 2.71 bits per heavy atom. The highest BCUT2D eigenvalue weighted by Crippen LogP contribution is 2.28. The predicted octanol–water partition coefficient (Wildman–Crippen LogP) is 2.58. The van der Waals surface area contributed by atoms with Crippen molar-refractivity contribution in [2.45, 2.75) is 52.0 Å². The molecule has 1 aliphatic rings. The first-order valence-corrected chi connectivity index (χ1v) is 6.14. The van der Waals surface area contributed by atoms with E-state index in [9.17, 15) is 0 Å². The van der Waals surface area contributed by atoms with E-state index in [1.807, 2.05) is 0 Å². The maximum absolute atomic E-state index is 5.57. The molecule has 2 nitrogen and oxygen atoms in total. The number of ether oxygens (including phenoxy) is 1. The first-order valence-electron chi connectivity index (χ1n) is 6.14. The third kappa shape index (κ3) is 4.97. The van der Waals surface area contributed by atoms with Crippen molar-refractivity contribution in [3.8, 4) is 0 Å². The Balaban J connectivity index is 1.75. The Hall–Kier alpha value is -0.0800. The van der Waals surface area contributed by atoms with Crippen LogP contribution < -0.4 is 5.32 Å². The lowest BCUT2D eigenvalue weighted by Crippen LogP contribution is -2.29. The predicted molar refractivity (Wildman–Crippen MR) is 60.5 cm³/mol. The van der Waals surface area contributed by atoms with Gasteiger partial charge in [0, 0.05) is 19.2 Å². The zero-order chi connectivity index (χ0) is 10.2. The third-order valence-electron chi connectivity index (χ3n) is 3.25. The third-order valence-corrected chi connectivity index (χ3v) is 3.25. The molecule has 1 unspecified atom stereocenters. The standard InChI is InChI=1S/C12H25NO/c1-3-11(2)13-8-10-14-9-7-12-5-4-6-12/h11-13H,3-10H2,1-2H3. The van der Waals surface area contributed by atoms with Gasteiger partial charge in [-0.25, -0.2) is 0 Å². The summed E-state index contributed by atoms with van der Waals surface area (Å²) in [7, 11) is 0. The highest BCUT2D eigenvalue weighted by molar-refractivity contribution is 4.68. The van der Waals surface area contributed by atoms with E-state index < -0.39 is 0 Å². The molecule has 1 aliphatic carbocycles. The van der Waals surface area contributed by atoms with Gasteiger partial charge in [0.15, 0.2) is 0 Å². The van der Waals surface area contributed by atoms with Crippen molar-refractivity contribution in [2.75, 3.05) is 19.8 Å². The highest BCUT2D eigenvalue weighted by atomic mass is 16.5. The molecular weight excluding hydrogens is 174 g/mol. The minimum absolute atomic E-state index is 0.630. The molecule has 1 rings (SSSR count). The molecule has 0 aromatic rings. The SMILES string of the molecule is CCC(C)NCCOCCC1CCC1. The van der Waals surface area contributed by atoms with Gasteiger partial charge in [-0.2, -0.15) is 0 Å². The van der Waals surface area contributed by atoms with Crippen molar-refractivity contribution >= 4 is 0 Å². The second-order valence-corrected chi connectivity index (χ2v) is 4.46. The van der Waals surface area contributed by atoms with Crippen LogP contribution in [0.3, 0.4) is 0 Å². The van der Waals surface area contributed by atoms with Gasteiger partial charge in [-0.1, -0.05) is 26.2 Å². The molecule has 1 N–H and O–H groups in total. The minimum atomic E-state index is 0.630. The van der Waals surface area contributed by atoms with E-state index in [2.05, 4.69) is 19.2 Å². The van der Waals surface area contributed by atoms with Crippen LogP contribution in [-0.4, -0.2) is 25.8 Å². The molecule has 0 radical (unpaired) electrons. The Kier molecular flexibility index (Phi) is 6.20. The second-order valence-electron chi connectivity index (χ2n) is 4.46. The molecule has 1 saturated carbocycles. The van der Waals surface area contributed by atoms with Crippen LogP contribution in [0.2, 0.25) is 0 Å². The van der Waals surface area contributed by atoms with Crippen LogP contribution >= 0.6 is 0 Å². The van der Waals surface area contributed by atoms with Crippen LogP contribution in [0.1, 0.15) is 46.0 Å². The molecule has 0 aromatic heterocycles. The number of rotatable bonds is 8. The topological polar surface area (TPSA) is 21.3 Å². The summed E-state index contributed by atoms with van der Waals surface area (Å²) in [5.74, 6) is 0.984. The van der Waals surface area contributed by atoms with Crippen LogP contribution in [0.4, 0.5) is 0 Å². The Bertz CT molecular complexity index is 126. The van der Waals surface area contributed by atoms with Gasteiger partial charge < -0.3 is 10.1 Å². The van der Waals surface area contributed by atoms with Crippen molar-refractivity contribution in [3.63, 3.8) is 0 Å². The van der Waals surface area contributed by atoms with Gasteiger partial charge in [0.1, 0.15) is 0 Å². The average Bonchev–Trinajstić information content (AvgIpc) is 2.13. The van der Waals surface area contributed by atoms with Gasteiger partial charge in [-0.15, -0.1) is 0 Å². The molecule has 0 saturated heterocycles. The summed E-state index contributed by atoms with van der Waals surface area (Å²) in [5.41, 5.74) is 0. The number of hydrogen-bond acceptors (Lipinski definition) is 2. The molecule has 0 aromatic carbocycles. The molecular formula is C12H25NO. The van der Waals surface area contributed by atoms with Crippen molar-refractivity contribution in [2.24, 2.45) is 5.92 Å². The van der Waals surface area contributed by atoms with Crippen LogP contribution in [0, 0.1) is 5.92 Å². The van der Waals surface area contributed by atoms with Gasteiger partial charge in [0.25, 0.3) is 0 Å². The monoisotopic (exact) mass is 199 g/mol. The normalized spacial score (nSPS) is 19.3.